The molecule has 0 saturated carbocycles. The van der Waals surface area contributed by atoms with E-state index >= 15 is 0 Å². The lowest BCUT2D eigenvalue weighted by molar-refractivity contribution is 0.177. The Morgan fingerprint density at radius 3 is 3.19 bits per heavy atom. The van der Waals surface area contributed by atoms with Gasteiger partial charge in [-0.05, 0) is 19.0 Å². The number of anilines is 1. The van der Waals surface area contributed by atoms with Crippen LogP contribution in [0, 0.1) is 5.92 Å². The SMILES string of the molecule is CCNC(c1cccnc1N)C1CCOC1. The molecule has 2 rings (SSSR count). The van der Waals surface area contributed by atoms with Gasteiger partial charge in [0.05, 0.1) is 6.61 Å². The summed E-state index contributed by atoms with van der Waals surface area (Å²) in [7, 11) is 0. The van der Waals surface area contributed by atoms with Crippen molar-refractivity contribution in [3.63, 3.8) is 0 Å². The number of nitrogens with two attached hydrogens (primary N) is 1. The average Bonchev–Trinajstić information content (AvgIpc) is 2.80. The van der Waals surface area contributed by atoms with Crippen LogP contribution in [0.5, 0.6) is 0 Å². The van der Waals surface area contributed by atoms with Crippen LogP contribution in [-0.2, 0) is 4.74 Å². The molecule has 0 aliphatic carbocycles. The average molecular weight is 221 g/mol. The number of rotatable bonds is 4. The van der Waals surface area contributed by atoms with E-state index in [0.29, 0.717) is 11.7 Å². The third-order valence-corrected chi connectivity index (χ3v) is 3.07. The van der Waals surface area contributed by atoms with Crippen molar-refractivity contribution in [2.75, 3.05) is 25.5 Å². The standard InChI is InChI=1S/C12H19N3O/c1-2-14-11(9-5-7-16-8-9)10-4-3-6-15-12(10)13/h3-4,6,9,11,14H,2,5,7-8H2,1H3,(H2,13,15). The lowest BCUT2D eigenvalue weighted by Crippen LogP contribution is -2.29. The van der Waals surface area contributed by atoms with E-state index in [9.17, 15) is 0 Å². The summed E-state index contributed by atoms with van der Waals surface area (Å²) in [5.74, 6) is 1.13. The highest BCUT2D eigenvalue weighted by Crippen LogP contribution is 2.30. The van der Waals surface area contributed by atoms with Gasteiger partial charge in [0.2, 0.25) is 0 Å². The number of pyridine rings is 1. The number of nitrogens with zero attached hydrogens (tertiary/aromatic N) is 1. The minimum absolute atomic E-state index is 0.265. The molecule has 0 bridgehead atoms. The summed E-state index contributed by atoms with van der Waals surface area (Å²) in [6, 6.07) is 4.25. The lowest BCUT2D eigenvalue weighted by Gasteiger charge is -2.24. The van der Waals surface area contributed by atoms with Gasteiger partial charge in [-0.15, -0.1) is 0 Å². The van der Waals surface area contributed by atoms with E-state index in [4.69, 9.17) is 10.5 Å². The Morgan fingerprint density at radius 1 is 1.69 bits per heavy atom. The van der Waals surface area contributed by atoms with E-state index in [0.717, 1.165) is 31.7 Å². The maximum absolute atomic E-state index is 5.93. The molecule has 1 aliphatic rings. The summed E-state index contributed by atoms with van der Waals surface area (Å²) in [6.07, 6.45) is 2.82. The first-order valence-electron chi connectivity index (χ1n) is 5.84. The molecular weight excluding hydrogens is 202 g/mol. The van der Waals surface area contributed by atoms with Crippen molar-refractivity contribution in [3.05, 3.63) is 23.9 Å². The van der Waals surface area contributed by atoms with Crippen LogP contribution >= 0.6 is 0 Å². The second kappa shape index (κ2) is 5.27. The van der Waals surface area contributed by atoms with Gasteiger partial charge < -0.3 is 15.8 Å². The summed E-state index contributed by atoms with van der Waals surface area (Å²) in [5.41, 5.74) is 7.02. The van der Waals surface area contributed by atoms with E-state index in [2.05, 4.69) is 17.2 Å². The molecule has 0 radical (unpaired) electrons. The molecule has 16 heavy (non-hydrogen) atoms. The highest BCUT2D eigenvalue weighted by molar-refractivity contribution is 5.41. The summed E-state index contributed by atoms with van der Waals surface area (Å²) in [4.78, 5) is 4.15. The maximum atomic E-state index is 5.93. The summed E-state index contributed by atoms with van der Waals surface area (Å²) in [5, 5.41) is 3.48. The van der Waals surface area contributed by atoms with Crippen molar-refractivity contribution in [1.29, 1.82) is 0 Å². The van der Waals surface area contributed by atoms with Gasteiger partial charge in [-0.3, -0.25) is 0 Å². The molecule has 3 N–H and O–H groups in total. The van der Waals surface area contributed by atoms with Crippen molar-refractivity contribution < 1.29 is 4.74 Å². The quantitative estimate of drug-likeness (QED) is 0.805. The first kappa shape index (κ1) is 11.4. The lowest BCUT2D eigenvalue weighted by atomic mass is 9.92. The van der Waals surface area contributed by atoms with E-state index < -0.39 is 0 Å². The van der Waals surface area contributed by atoms with Gasteiger partial charge in [0.1, 0.15) is 5.82 Å². The van der Waals surface area contributed by atoms with Crippen molar-refractivity contribution in [3.8, 4) is 0 Å². The van der Waals surface area contributed by atoms with Crippen molar-refractivity contribution >= 4 is 5.82 Å². The summed E-state index contributed by atoms with van der Waals surface area (Å²) < 4.78 is 5.44. The minimum Gasteiger partial charge on any atom is -0.383 e. The van der Waals surface area contributed by atoms with Gasteiger partial charge in [0, 0.05) is 30.3 Å². The molecular formula is C12H19N3O. The van der Waals surface area contributed by atoms with E-state index in [1.54, 1.807) is 6.20 Å². The van der Waals surface area contributed by atoms with Crippen LogP contribution < -0.4 is 11.1 Å². The van der Waals surface area contributed by atoms with Crippen molar-refractivity contribution in [2.24, 2.45) is 5.92 Å². The molecule has 1 fully saturated rings. The summed E-state index contributed by atoms with van der Waals surface area (Å²) >= 11 is 0. The highest BCUT2D eigenvalue weighted by atomic mass is 16.5. The van der Waals surface area contributed by atoms with Gasteiger partial charge in [0.25, 0.3) is 0 Å². The highest BCUT2D eigenvalue weighted by Gasteiger charge is 2.27. The predicted octanol–water partition coefficient (Wildman–Crippen LogP) is 1.35. The molecule has 88 valence electrons. The molecule has 4 nitrogen and oxygen atoms in total. The van der Waals surface area contributed by atoms with Gasteiger partial charge in [-0.25, -0.2) is 4.98 Å². The molecule has 2 atom stereocenters. The van der Waals surface area contributed by atoms with Crippen LogP contribution in [0.3, 0.4) is 0 Å². The number of hydrogen-bond donors (Lipinski definition) is 2. The zero-order valence-corrected chi connectivity index (χ0v) is 9.65. The number of aromatic nitrogens is 1. The molecule has 1 aliphatic heterocycles. The largest absolute Gasteiger partial charge is 0.383 e. The molecule has 0 spiro atoms. The molecule has 4 heteroatoms. The maximum Gasteiger partial charge on any atom is 0.128 e. The van der Waals surface area contributed by atoms with Crippen LogP contribution in [-0.4, -0.2) is 24.7 Å². The molecule has 1 aromatic heterocycles. The Morgan fingerprint density at radius 2 is 2.56 bits per heavy atom. The van der Waals surface area contributed by atoms with Gasteiger partial charge in [0.15, 0.2) is 0 Å². The fourth-order valence-electron chi connectivity index (χ4n) is 2.26. The molecule has 0 aromatic carbocycles. The molecule has 0 amide bonds. The van der Waals surface area contributed by atoms with Crippen LogP contribution in [0.1, 0.15) is 24.9 Å². The predicted molar refractivity (Wildman–Crippen MR) is 64.0 cm³/mol. The van der Waals surface area contributed by atoms with Gasteiger partial charge in [-0.1, -0.05) is 13.0 Å². The van der Waals surface area contributed by atoms with Gasteiger partial charge in [-0.2, -0.15) is 0 Å². The molecule has 1 saturated heterocycles. The number of nitrogens with one attached hydrogen (secondary N) is 1. The Hall–Kier alpha value is -1.13. The first-order valence-corrected chi connectivity index (χ1v) is 5.84. The number of nitrogen functional groups attached to an aromatic ring is 1. The molecule has 1 aromatic rings. The van der Waals surface area contributed by atoms with Crippen LogP contribution in [0.2, 0.25) is 0 Å². The minimum atomic E-state index is 0.265. The second-order valence-electron chi connectivity index (χ2n) is 4.14. The Kier molecular flexibility index (Phi) is 3.74. The van der Waals surface area contributed by atoms with E-state index in [-0.39, 0.29) is 6.04 Å². The fraction of sp³-hybridized carbons (Fsp3) is 0.583. The third-order valence-electron chi connectivity index (χ3n) is 3.07. The molecule has 2 unspecified atom stereocenters. The van der Waals surface area contributed by atoms with Crippen LogP contribution in [0.4, 0.5) is 5.82 Å². The van der Waals surface area contributed by atoms with Crippen molar-refractivity contribution in [2.45, 2.75) is 19.4 Å². The third kappa shape index (κ3) is 2.33. The van der Waals surface area contributed by atoms with Crippen molar-refractivity contribution in [1.82, 2.24) is 10.3 Å². The van der Waals surface area contributed by atoms with Crippen LogP contribution in [0.15, 0.2) is 18.3 Å². The Labute approximate surface area is 96.2 Å². The van der Waals surface area contributed by atoms with Crippen LogP contribution in [0.25, 0.3) is 0 Å². The normalized spacial score (nSPS) is 22.2. The summed E-state index contributed by atoms with van der Waals surface area (Å²) in [6.45, 7) is 4.70. The van der Waals surface area contributed by atoms with Gasteiger partial charge >= 0.3 is 0 Å². The number of ether oxygens (including phenoxy) is 1. The number of hydrogen-bond acceptors (Lipinski definition) is 4. The molecule has 2 heterocycles. The van der Waals surface area contributed by atoms with E-state index in [1.807, 2.05) is 12.1 Å². The first-order chi connectivity index (χ1) is 7.83. The topological polar surface area (TPSA) is 60.2 Å². The monoisotopic (exact) mass is 221 g/mol. The smallest absolute Gasteiger partial charge is 0.128 e. The Balaban J connectivity index is 2.21. The zero-order chi connectivity index (χ0) is 11.4. The Bertz CT molecular complexity index is 337. The fourth-order valence-corrected chi connectivity index (χ4v) is 2.26. The second-order valence-corrected chi connectivity index (χ2v) is 4.14. The zero-order valence-electron chi connectivity index (χ0n) is 9.65. The van der Waals surface area contributed by atoms with E-state index in [1.165, 1.54) is 0 Å².